The third-order valence-electron chi connectivity index (χ3n) is 8.12. The zero-order valence-corrected chi connectivity index (χ0v) is 26.6. The molecule has 8 nitrogen and oxygen atoms in total. The van der Waals surface area contributed by atoms with Crippen LogP contribution in [-0.2, 0) is 0 Å². The Bertz CT molecular complexity index is 1490. The summed E-state index contributed by atoms with van der Waals surface area (Å²) in [7, 11) is 3.95. The Morgan fingerprint density at radius 1 is 0.929 bits per heavy atom. The lowest BCUT2D eigenvalue weighted by atomic mass is 10.0. The average Bonchev–Trinajstić information content (AvgIpc) is 3.48. The molecule has 4 aromatic rings. The van der Waals surface area contributed by atoms with Gasteiger partial charge >= 0.3 is 0 Å². The standard InChI is InChI=1S/C32H41N7OS2/c1-22(2)42-29-8-6-5-7-26(29)33-31-30-27(13-20-41-30)35-32(36-31)34-25-10-9-24(21-28(25)40-4)38-14-11-23(12-15-38)39-18-16-37(3)17-19-39/h5-10,13,20-23H,11-12,14-19H2,1-4H3,(H2,33,34,35,36). The number of piperazine rings is 1. The number of para-hydroxylation sites is 1. The number of benzene rings is 2. The number of anilines is 5. The number of fused-ring (bicyclic) bond motifs is 1. The van der Waals surface area contributed by atoms with E-state index in [0.717, 1.165) is 46.2 Å². The molecule has 0 bridgehead atoms. The van der Waals surface area contributed by atoms with Gasteiger partial charge in [-0.3, -0.25) is 4.90 Å². The summed E-state index contributed by atoms with van der Waals surface area (Å²) in [6, 6.07) is 17.5. The summed E-state index contributed by atoms with van der Waals surface area (Å²) < 4.78 is 6.89. The van der Waals surface area contributed by atoms with E-state index in [2.05, 4.69) is 94.1 Å². The maximum atomic E-state index is 5.85. The zero-order valence-electron chi connectivity index (χ0n) is 25.0. The predicted octanol–water partition coefficient (Wildman–Crippen LogP) is 6.90. The number of thiophene rings is 1. The van der Waals surface area contributed by atoms with Crippen molar-refractivity contribution in [2.45, 2.75) is 42.9 Å². The highest BCUT2D eigenvalue weighted by Crippen LogP contribution is 2.37. The molecule has 0 atom stereocenters. The van der Waals surface area contributed by atoms with E-state index in [1.807, 2.05) is 17.8 Å². The van der Waals surface area contributed by atoms with E-state index < -0.39 is 0 Å². The van der Waals surface area contributed by atoms with Gasteiger partial charge in [-0.2, -0.15) is 4.98 Å². The van der Waals surface area contributed by atoms with Gasteiger partial charge in [0.05, 0.1) is 28.7 Å². The third kappa shape index (κ3) is 6.62. The highest BCUT2D eigenvalue weighted by molar-refractivity contribution is 8.00. The Hall–Kier alpha value is -3.05. The molecule has 4 heterocycles. The monoisotopic (exact) mass is 603 g/mol. The van der Waals surface area contributed by atoms with Gasteiger partial charge in [0.1, 0.15) is 5.75 Å². The van der Waals surface area contributed by atoms with Gasteiger partial charge in [0.25, 0.3) is 0 Å². The minimum atomic E-state index is 0.482. The molecular formula is C32H41N7OS2. The molecule has 6 rings (SSSR count). The molecule has 2 aromatic carbocycles. The Balaban J connectivity index is 1.18. The van der Waals surface area contributed by atoms with E-state index >= 15 is 0 Å². The van der Waals surface area contributed by atoms with Gasteiger partial charge in [0.15, 0.2) is 5.82 Å². The van der Waals surface area contributed by atoms with Crippen LogP contribution in [0.25, 0.3) is 10.2 Å². The first-order chi connectivity index (χ1) is 20.5. The first-order valence-electron chi connectivity index (χ1n) is 14.9. The van der Waals surface area contributed by atoms with Crippen molar-refractivity contribution in [3.05, 3.63) is 53.9 Å². The molecule has 222 valence electrons. The summed E-state index contributed by atoms with van der Waals surface area (Å²) >= 11 is 3.49. The van der Waals surface area contributed by atoms with Crippen LogP contribution in [-0.4, -0.2) is 84.5 Å². The molecule has 0 amide bonds. The Morgan fingerprint density at radius 3 is 2.48 bits per heavy atom. The fourth-order valence-electron chi connectivity index (χ4n) is 5.83. The van der Waals surface area contributed by atoms with E-state index in [4.69, 9.17) is 14.7 Å². The quantitative estimate of drug-likeness (QED) is 0.199. The number of aromatic nitrogens is 2. The van der Waals surface area contributed by atoms with Gasteiger partial charge in [-0.15, -0.1) is 23.1 Å². The SMILES string of the molecule is COc1cc(N2CCC(N3CCN(C)CC3)CC2)ccc1Nc1nc(Nc2ccccc2SC(C)C)c2sccc2n1. The maximum Gasteiger partial charge on any atom is 0.229 e. The molecule has 0 aliphatic carbocycles. The fraction of sp³-hybridized carbons (Fsp3) is 0.438. The topological polar surface area (TPSA) is 68.8 Å². The van der Waals surface area contributed by atoms with E-state index in [-0.39, 0.29) is 0 Å². The number of likely N-dealkylation sites (N-methyl/N-ethyl adjacent to an activating group) is 1. The fourth-order valence-corrected chi connectivity index (χ4v) is 7.52. The Morgan fingerprint density at radius 2 is 1.71 bits per heavy atom. The Labute approximate surface area is 257 Å². The lowest BCUT2D eigenvalue weighted by Gasteiger charge is -2.42. The van der Waals surface area contributed by atoms with Crippen molar-refractivity contribution in [1.29, 1.82) is 0 Å². The number of piperidine rings is 1. The van der Waals surface area contributed by atoms with Gasteiger partial charge in [-0.25, -0.2) is 4.98 Å². The number of nitrogens with zero attached hydrogens (tertiary/aromatic N) is 5. The summed E-state index contributed by atoms with van der Waals surface area (Å²) in [6.07, 6.45) is 2.41. The van der Waals surface area contributed by atoms with Crippen LogP contribution in [0, 0.1) is 0 Å². The summed E-state index contributed by atoms with van der Waals surface area (Å²) in [5, 5.41) is 9.59. The van der Waals surface area contributed by atoms with Gasteiger partial charge < -0.3 is 25.2 Å². The molecule has 2 fully saturated rings. The highest BCUT2D eigenvalue weighted by atomic mass is 32.2. The molecule has 2 saturated heterocycles. The van der Waals surface area contributed by atoms with E-state index in [1.54, 1.807) is 18.4 Å². The van der Waals surface area contributed by atoms with Crippen LogP contribution >= 0.6 is 23.1 Å². The summed E-state index contributed by atoms with van der Waals surface area (Å²) in [5.41, 5.74) is 4.01. The molecule has 2 aliphatic rings. The van der Waals surface area contributed by atoms with Crippen LogP contribution < -0.4 is 20.3 Å². The molecule has 42 heavy (non-hydrogen) atoms. The molecule has 0 radical (unpaired) electrons. The number of rotatable bonds is 9. The summed E-state index contributed by atoms with van der Waals surface area (Å²) in [5.74, 6) is 2.13. The second kappa shape index (κ2) is 13.1. The van der Waals surface area contributed by atoms with E-state index in [0.29, 0.717) is 17.2 Å². The molecule has 0 saturated carbocycles. The normalized spacial score (nSPS) is 17.2. The number of hydrogen-bond donors (Lipinski definition) is 2. The highest BCUT2D eigenvalue weighted by Gasteiger charge is 2.27. The summed E-state index contributed by atoms with van der Waals surface area (Å²) in [6.45, 7) is 11.3. The van der Waals surface area contributed by atoms with Crippen LogP contribution in [0.4, 0.5) is 28.8 Å². The molecular weight excluding hydrogens is 563 g/mol. The molecule has 2 aliphatic heterocycles. The number of nitrogens with one attached hydrogen (secondary N) is 2. The van der Waals surface area contributed by atoms with Crippen molar-refractivity contribution < 1.29 is 4.74 Å². The van der Waals surface area contributed by atoms with Crippen molar-refractivity contribution in [2.75, 3.05) is 69.0 Å². The minimum absolute atomic E-state index is 0.482. The Kier molecular flexibility index (Phi) is 9.04. The summed E-state index contributed by atoms with van der Waals surface area (Å²) in [4.78, 5) is 18.6. The number of ether oxygens (including phenoxy) is 1. The molecule has 0 spiro atoms. The predicted molar refractivity (Wildman–Crippen MR) is 179 cm³/mol. The van der Waals surface area contributed by atoms with Crippen molar-refractivity contribution in [2.24, 2.45) is 0 Å². The molecule has 2 aromatic heterocycles. The second-order valence-electron chi connectivity index (χ2n) is 11.4. The largest absolute Gasteiger partial charge is 0.494 e. The third-order valence-corrected chi connectivity index (χ3v) is 10.1. The first-order valence-corrected chi connectivity index (χ1v) is 16.6. The van der Waals surface area contributed by atoms with E-state index in [1.165, 1.54) is 49.6 Å². The minimum Gasteiger partial charge on any atom is -0.494 e. The van der Waals surface area contributed by atoms with Crippen LogP contribution in [0.1, 0.15) is 26.7 Å². The van der Waals surface area contributed by atoms with Crippen LogP contribution in [0.2, 0.25) is 0 Å². The van der Waals surface area contributed by atoms with Crippen molar-refractivity contribution in [1.82, 2.24) is 19.8 Å². The number of thioether (sulfide) groups is 1. The molecule has 10 heteroatoms. The van der Waals surface area contributed by atoms with Crippen molar-refractivity contribution in [3.8, 4) is 5.75 Å². The molecule has 0 unspecified atom stereocenters. The molecule has 2 N–H and O–H groups in total. The van der Waals surface area contributed by atoms with Crippen LogP contribution in [0.5, 0.6) is 5.75 Å². The van der Waals surface area contributed by atoms with Crippen LogP contribution in [0.15, 0.2) is 58.8 Å². The first kappa shape index (κ1) is 29.0. The lowest BCUT2D eigenvalue weighted by Crippen LogP contribution is -2.52. The number of methoxy groups -OCH3 is 1. The van der Waals surface area contributed by atoms with Gasteiger partial charge in [0, 0.05) is 67.2 Å². The lowest BCUT2D eigenvalue weighted by molar-refractivity contribution is 0.0982. The second-order valence-corrected chi connectivity index (χ2v) is 13.9. The van der Waals surface area contributed by atoms with Crippen molar-refractivity contribution >= 4 is 62.1 Å². The average molecular weight is 604 g/mol. The van der Waals surface area contributed by atoms with Crippen LogP contribution in [0.3, 0.4) is 0 Å². The van der Waals surface area contributed by atoms with Crippen molar-refractivity contribution in [3.63, 3.8) is 0 Å². The zero-order chi connectivity index (χ0) is 29.1. The van der Waals surface area contributed by atoms with Gasteiger partial charge in [-0.1, -0.05) is 26.0 Å². The van der Waals surface area contributed by atoms with E-state index in [9.17, 15) is 0 Å². The van der Waals surface area contributed by atoms with Gasteiger partial charge in [-0.05, 0) is 55.6 Å². The maximum absolute atomic E-state index is 5.85. The smallest absolute Gasteiger partial charge is 0.229 e. The van der Waals surface area contributed by atoms with Gasteiger partial charge in [0.2, 0.25) is 5.95 Å². The number of hydrogen-bond acceptors (Lipinski definition) is 10.